The highest BCUT2D eigenvalue weighted by atomic mass is 16.6. The number of carbonyl (C=O) groups excluding carboxylic acids is 1. The summed E-state index contributed by atoms with van der Waals surface area (Å²) in [6.07, 6.45) is 5.17. The predicted molar refractivity (Wildman–Crippen MR) is 116 cm³/mol. The number of amides is 1. The minimum absolute atomic E-state index is 0.0769. The average Bonchev–Trinajstić information content (AvgIpc) is 2.81. The van der Waals surface area contributed by atoms with E-state index < -0.39 is 0 Å². The first-order chi connectivity index (χ1) is 14.7. The number of hydrogen-bond donors (Lipinski definition) is 0. The van der Waals surface area contributed by atoms with Gasteiger partial charge in [0, 0.05) is 18.8 Å². The van der Waals surface area contributed by atoms with Crippen LogP contribution in [0.4, 0.5) is 0 Å². The number of aromatic nitrogens is 1. The molecule has 0 saturated carbocycles. The van der Waals surface area contributed by atoms with Crippen LogP contribution in [0.25, 0.3) is 6.08 Å². The molecule has 5 nitrogen and oxygen atoms in total. The predicted octanol–water partition coefficient (Wildman–Crippen LogP) is 4.66. The third-order valence-corrected chi connectivity index (χ3v) is 5.05. The first-order valence-electron chi connectivity index (χ1n) is 10.0. The van der Waals surface area contributed by atoms with Crippen molar-refractivity contribution in [3.05, 3.63) is 95.8 Å². The number of pyridine rings is 1. The van der Waals surface area contributed by atoms with E-state index in [4.69, 9.17) is 9.47 Å². The Morgan fingerprint density at radius 3 is 2.57 bits per heavy atom. The minimum Gasteiger partial charge on any atom is -0.486 e. The number of ether oxygens (including phenoxy) is 2. The zero-order valence-corrected chi connectivity index (χ0v) is 16.9. The second-order valence-corrected chi connectivity index (χ2v) is 7.12. The van der Waals surface area contributed by atoms with Gasteiger partial charge < -0.3 is 14.4 Å². The molecule has 0 aliphatic carbocycles. The average molecular weight is 400 g/mol. The molecule has 2 aromatic carbocycles. The molecule has 5 heteroatoms. The molecule has 0 fully saturated rings. The summed E-state index contributed by atoms with van der Waals surface area (Å²) >= 11 is 0. The molecule has 2 heterocycles. The van der Waals surface area contributed by atoms with Crippen molar-refractivity contribution in [2.45, 2.75) is 19.5 Å². The van der Waals surface area contributed by atoms with E-state index in [-0.39, 0.29) is 11.9 Å². The molecule has 0 spiro atoms. The normalized spacial score (nSPS) is 13.8. The summed E-state index contributed by atoms with van der Waals surface area (Å²) in [5, 5.41) is 0. The highest BCUT2D eigenvalue weighted by Crippen LogP contribution is 2.31. The fourth-order valence-corrected chi connectivity index (χ4v) is 3.40. The van der Waals surface area contributed by atoms with Crippen molar-refractivity contribution in [2.75, 3.05) is 13.2 Å². The summed E-state index contributed by atoms with van der Waals surface area (Å²) in [5.74, 6) is 1.37. The van der Waals surface area contributed by atoms with Crippen molar-refractivity contribution in [1.29, 1.82) is 0 Å². The lowest BCUT2D eigenvalue weighted by Crippen LogP contribution is -2.32. The number of nitrogens with zero attached hydrogens (tertiary/aromatic N) is 2. The first kappa shape index (κ1) is 19.7. The Bertz CT molecular complexity index is 1020. The van der Waals surface area contributed by atoms with Crippen LogP contribution in [0.1, 0.15) is 29.8 Å². The molecule has 0 radical (unpaired) electrons. The summed E-state index contributed by atoms with van der Waals surface area (Å²) in [6, 6.07) is 21.3. The highest BCUT2D eigenvalue weighted by molar-refractivity contribution is 5.92. The fraction of sp³-hybridized carbons (Fsp3) is 0.200. The van der Waals surface area contributed by atoms with Crippen LogP contribution in [0.5, 0.6) is 11.5 Å². The van der Waals surface area contributed by atoms with Crippen molar-refractivity contribution in [1.82, 2.24) is 9.88 Å². The van der Waals surface area contributed by atoms with Crippen LogP contribution in [0, 0.1) is 0 Å². The van der Waals surface area contributed by atoms with Gasteiger partial charge in [-0.1, -0.05) is 42.5 Å². The first-order valence-corrected chi connectivity index (χ1v) is 10.0. The molecule has 0 bridgehead atoms. The van der Waals surface area contributed by atoms with Gasteiger partial charge in [-0.05, 0) is 48.4 Å². The van der Waals surface area contributed by atoms with Gasteiger partial charge in [0.05, 0.1) is 11.7 Å². The van der Waals surface area contributed by atoms with Gasteiger partial charge in [0.2, 0.25) is 5.91 Å². The van der Waals surface area contributed by atoms with Crippen molar-refractivity contribution in [3.63, 3.8) is 0 Å². The molecular weight excluding hydrogens is 376 g/mol. The lowest BCUT2D eigenvalue weighted by Gasteiger charge is -2.28. The Hall–Kier alpha value is -3.60. The lowest BCUT2D eigenvalue weighted by molar-refractivity contribution is -0.128. The Morgan fingerprint density at radius 1 is 1.03 bits per heavy atom. The van der Waals surface area contributed by atoms with Gasteiger partial charge in [0.25, 0.3) is 0 Å². The lowest BCUT2D eigenvalue weighted by atomic mass is 10.1. The molecule has 4 rings (SSSR count). The molecular formula is C25H24N2O3. The van der Waals surface area contributed by atoms with Crippen LogP contribution in [-0.2, 0) is 11.3 Å². The van der Waals surface area contributed by atoms with E-state index >= 15 is 0 Å². The second-order valence-electron chi connectivity index (χ2n) is 7.12. The van der Waals surface area contributed by atoms with Crippen LogP contribution in [0.15, 0.2) is 79.0 Å². The van der Waals surface area contributed by atoms with Gasteiger partial charge in [-0.15, -0.1) is 0 Å². The molecule has 0 N–H and O–H groups in total. The van der Waals surface area contributed by atoms with Crippen molar-refractivity contribution in [2.24, 2.45) is 0 Å². The Balaban J connectivity index is 1.56. The largest absolute Gasteiger partial charge is 0.486 e. The van der Waals surface area contributed by atoms with Crippen molar-refractivity contribution < 1.29 is 14.3 Å². The smallest absolute Gasteiger partial charge is 0.247 e. The van der Waals surface area contributed by atoms with E-state index in [0.29, 0.717) is 25.5 Å². The van der Waals surface area contributed by atoms with Crippen LogP contribution in [0.2, 0.25) is 0 Å². The number of carbonyl (C=O) groups is 1. The zero-order valence-electron chi connectivity index (χ0n) is 16.9. The molecule has 0 saturated heterocycles. The summed E-state index contributed by atoms with van der Waals surface area (Å²) in [4.78, 5) is 19.4. The molecule has 1 amide bonds. The molecule has 1 atom stereocenters. The van der Waals surface area contributed by atoms with Gasteiger partial charge in [-0.3, -0.25) is 9.78 Å². The van der Waals surface area contributed by atoms with E-state index in [2.05, 4.69) is 4.98 Å². The minimum atomic E-state index is -0.163. The van der Waals surface area contributed by atoms with Gasteiger partial charge in [-0.25, -0.2) is 0 Å². The van der Waals surface area contributed by atoms with Gasteiger partial charge in [0.1, 0.15) is 13.2 Å². The zero-order chi connectivity index (χ0) is 20.8. The van der Waals surface area contributed by atoms with E-state index in [9.17, 15) is 4.79 Å². The summed E-state index contributed by atoms with van der Waals surface area (Å²) in [5.41, 5.74) is 2.81. The summed E-state index contributed by atoms with van der Waals surface area (Å²) in [7, 11) is 0. The maximum absolute atomic E-state index is 13.2. The number of benzene rings is 2. The van der Waals surface area contributed by atoms with Crippen LogP contribution in [-0.4, -0.2) is 29.0 Å². The maximum Gasteiger partial charge on any atom is 0.247 e. The van der Waals surface area contributed by atoms with E-state index in [0.717, 1.165) is 22.6 Å². The molecule has 1 unspecified atom stereocenters. The SMILES string of the molecule is CC(c1ccccn1)N(Cc1ccccc1)C(=O)/C=C/c1ccc2c(c1)OCCO2. The summed E-state index contributed by atoms with van der Waals surface area (Å²) in [6.45, 7) is 3.59. The topological polar surface area (TPSA) is 51.7 Å². The molecule has 1 aliphatic heterocycles. The highest BCUT2D eigenvalue weighted by Gasteiger charge is 2.21. The maximum atomic E-state index is 13.2. The Kier molecular flexibility index (Phi) is 6.09. The molecule has 3 aromatic rings. The summed E-state index contributed by atoms with van der Waals surface area (Å²) < 4.78 is 11.2. The molecule has 1 aromatic heterocycles. The van der Waals surface area contributed by atoms with Crippen molar-refractivity contribution >= 4 is 12.0 Å². The van der Waals surface area contributed by atoms with E-state index in [1.165, 1.54) is 0 Å². The van der Waals surface area contributed by atoms with Gasteiger partial charge >= 0.3 is 0 Å². The monoisotopic (exact) mass is 400 g/mol. The number of fused-ring (bicyclic) bond motifs is 1. The van der Waals surface area contributed by atoms with Crippen LogP contribution < -0.4 is 9.47 Å². The standard InChI is InChI=1S/C25H24N2O3/c1-19(22-9-5-6-14-26-22)27(18-21-7-3-2-4-8-21)25(28)13-11-20-10-12-23-24(17-20)30-16-15-29-23/h2-14,17,19H,15-16,18H2,1H3/b13-11+. The molecule has 30 heavy (non-hydrogen) atoms. The quantitative estimate of drug-likeness (QED) is 0.565. The third-order valence-electron chi connectivity index (χ3n) is 5.05. The van der Waals surface area contributed by atoms with Crippen LogP contribution in [0.3, 0.4) is 0 Å². The third kappa shape index (κ3) is 4.69. The molecule has 1 aliphatic rings. The van der Waals surface area contributed by atoms with E-state index in [1.54, 1.807) is 12.3 Å². The van der Waals surface area contributed by atoms with Crippen molar-refractivity contribution in [3.8, 4) is 11.5 Å². The number of rotatable bonds is 6. The fourth-order valence-electron chi connectivity index (χ4n) is 3.40. The Morgan fingerprint density at radius 2 is 1.80 bits per heavy atom. The van der Waals surface area contributed by atoms with E-state index in [1.807, 2.05) is 84.6 Å². The second kappa shape index (κ2) is 9.27. The van der Waals surface area contributed by atoms with Gasteiger partial charge in [0.15, 0.2) is 11.5 Å². The van der Waals surface area contributed by atoms with Gasteiger partial charge in [-0.2, -0.15) is 0 Å². The number of hydrogen-bond acceptors (Lipinski definition) is 4. The molecule has 152 valence electrons. The van der Waals surface area contributed by atoms with Crippen LogP contribution >= 0.6 is 0 Å². The Labute approximate surface area is 176 Å².